The zero-order chi connectivity index (χ0) is 15.1. The number of carbonyl (C=O) groups excluding carboxylic acids is 2. The molecule has 0 saturated heterocycles. The van der Waals surface area contributed by atoms with E-state index in [1.165, 1.54) is 12.0 Å². The number of halogens is 1. The van der Waals surface area contributed by atoms with Gasteiger partial charge in [0.05, 0.1) is 12.8 Å². The largest absolute Gasteiger partial charge is 0.495 e. The third-order valence-corrected chi connectivity index (χ3v) is 3.03. The van der Waals surface area contributed by atoms with E-state index in [4.69, 9.17) is 4.74 Å². The van der Waals surface area contributed by atoms with Crippen LogP contribution < -0.4 is 15.4 Å². The van der Waals surface area contributed by atoms with E-state index < -0.39 is 0 Å². The number of rotatable bonds is 5. The van der Waals surface area contributed by atoms with Crippen molar-refractivity contribution in [2.75, 3.05) is 33.1 Å². The lowest BCUT2D eigenvalue weighted by molar-refractivity contribution is -0.128. The summed E-state index contributed by atoms with van der Waals surface area (Å²) in [5, 5.41) is 5.29. The molecule has 20 heavy (non-hydrogen) atoms. The van der Waals surface area contributed by atoms with Gasteiger partial charge in [0.1, 0.15) is 5.75 Å². The third-order valence-electron chi connectivity index (χ3n) is 2.53. The Balaban J connectivity index is 2.50. The van der Waals surface area contributed by atoms with E-state index in [-0.39, 0.29) is 24.9 Å². The van der Waals surface area contributed by atoms with Crippen LogP contribution in [0.1, 0.15) is 6.42 Å². The van der Waals surface area contributed by atoms with E-state index in [9.17, 15) is 9.59 Å². The van der Waals surface area contributed by atoms with Crippen LogP contribution in [0.25, 0.3) is 0 Å². The second-order valence-electron chi connectivity index (χ2n) is 4.26. The van der Waals surface area contributed by atoms with Gasteiger partial charge in [-0.1, -0.05) is 15.9 Å². The molecule has 1 rings (SSSR count). The Kier molecular flexibility index (Phi) is 6.30. The van der Waals surface area contributed by atoms with E-state index in [1.807, 2.05) is 6.07 Å². The standard InChI is InChI=1S/C13H18BrN3O3/c1-17(2)12(18)6-7-15-13(19)16-10-8-9(14)4-5-11(10)20-3/h4-5,8H,6-7H2,1-3H3,(H2,15,16,19). The van der Waals surface area contributed by atoms with Crippen molar-refractivity contribution in [1.29, 1.82) is 0 Å². The summed E-state index contributed by atoms with van der Waals surface area (Å²) in [6.07, 6.45) is 0.260. The number of amides is 3. The van der Waals surface area contributed by atoms with Gasteiger partial charge in [0.15, 0.2) is 0 Å². The molecule has 6 nitrogen and oxygen atoms in total. The first-order valence-corrected chi connectivity index (χ1v) is 6.82. The smallest absolute Gasteiger partial charge is 0.319 e. The van der Waals surface area contributed by atoms with Gasteiger partial charge in [-0.3, -0.25) is 4.79 Å². The highest BCUT2D eigenvalue weighted by atomic mass is 79.9. The Morgan fingerprint density at radius 3 is 2.65 bits per heavy atom. The van der Waals surface area contributed by atoms with Gasteiger partial charge < -0.3 is 20.3 Å². The fourth-order valence-electron chi connectivity index (χ4n) is 1.45. The van der Waals surface area contributed by atoms with E-state index in [2.05, 4.69) is 26.6 Å². The summed E-state index contributed by atoms with van der Waals surface area (Å²) in [7, 11) is 4.88. The summed E-state index contributed by atoms with van der Waals surface area (Å²) in [6.45, 7) is 0.277. The summed E-state index contributed by atoms with van der Waals surface area (Å²) in [6, 6.07) is 4.92. The summed E-state index contributed by atoms with van der Waals surface area (Å²) in [5.74, 6) is 0.526. The lowest BCUT2D eigenvalue weighted by Gasteiger charge is -2.13. The second kappa shape index (κ2) is 7.74. The minimum Gasteiger partial charge on any atom is -0.495 e. The van der Waals surface area contributed by atoms with Crippen LogP contribution in [0.5, 0.6) is 5.75 Å². The van der Waals surface area contributed by atoms with Crippen molar-refractivity contribution < 1.29 is 14.3 Å². The highest BCUT2D eigenvalue weighted by molar-refractivity contribution is 9.10. The van der Waals surface area contributed by atoms with Crippen molar-refractivity contribution >= 4 is 33.6 Å². The molecule has 0 bridgehead atoms. The summed E-state index contributed by atoms with van der Waals surface area (Å²) >= 11 is 3.33. The fraction of sp³-hybridized carbons (Fsp3) is 0.385. The van der Waals surface area contributed by atoms with Crippen molar-refractivity contribution in [3.05, 3.63) is 22.7 Å². The van der Waals surface area contributed by atoms with Gasteiger partial charge >= 0.3 is 6.03 Å². The average Bonchev–Trinajstić information content (AvgIpc) is 2.38. The number of ether oxygens (including phenoxy) is 1. The quantitative estimate of drug-likeness (QED) is 0.859. The first-order chi connectivity index (χ1) is 9.43. The number of nitrogens with one attached hydrogen (secondary N) is 2. The molecular formula is C13H18BrN3O3. The Morgan fingerprint density at radius 2 is 2.05 bits per heavy atom. The van der Waals surface area contributed by atoms with Crippen molar-refractivity contribution in [3.63, 3.8) is 0 Å². The molecule has 0 aliphatic carbocycles. The summed E-state index contributed by atoms with van der Waals surface area (Å²) in [5.41, 5.74) is 0.554. The molecule has 0 radical (unpaired) electrons. The van der Waals surface area contributed by atoms with Crippen LogP contribution in [0.3, 0.4) is 0 Å². The predicted molar refractivity (Wildman–Crippen MR) is 81.0 cm³/mol. The van der Waals surface area contributed by atoms with Gasteiger partial charge in [0.2, 0.25) is 5.91 Å². The van der Waals surface area contributed by atoms with Gasteiger partial charge in [-0.2, -0.15) is 0 Å². The van der Waals surface area contributed by atoms with Crippen LogP contribution in [0, 0.1) is 0 Å². The van der Waals surface area contributed by atoms with Crippen molar-refractivity contribution in [3.8, 4) is 5.75 Å². The first-order valence-electron chi connectivity index (χ1n) is 6.02. The molecule has 0 heterocycles. The summed E-state index contributed by atoms with van der Waals surface area (Å²) < 4.78 is 5.98. The second-order valence-corrected chi connectivity index (χ2v) is 5.18. The number of urea groups is 1. The van der Waals surface area contributed by atoms with E-state index in [0.29, 0.717) is 11.4 Å². The first kappa shape index (κ1) is 16.3. The Bertz CT molecular complexity index is 492. The maximum absolute atomic E-state index is 11.7. The van der Waals surface area contributed by atoms with Gasteiger partial charge in [0, 0.05) is 31.5 Å². The number of benzene rings is 1. The number of hydrogen-bond acceptors (Lipinski definition) is 3. The topological polar surface area (TPSA) is 70.7 Å². The van der Waals surface area contributed by atoms with Crippen LogP contribution in [-0.2, 0) is 4.79 Å². The van der Waals surface area contributed by atoms with E-state index in [0.717, 1.165) is 4.47 Å². The number of anilines is 1. The molecule has 0 saturated carbocycles. The number of carbonyl (C=O) groups is 2. The minimum atomic E-state index is -0.382. The Hall–Kier alpha value is -1.76. The molecule has 0 atom stereocenters. The molecule has 110 valence electrons. The lowest BCUT2D eigenvalue weighted by Crippen LogP contribution is -2.33. The molecule has 2 N–H and O–H groups in total. The monoisotopic (exact) mass is 343 g/mol. The lowest BCUT2D eigenvalue weighted by atomic mass is 10.3. The third kappa shape index (κ3) is 5.08. The van der Waals surface area contributed by atoms with Crippen LogP contribution in [0.15, 0.2) is 22.7 Å². The zero-order valence-electron chi connectivity index (χ0n) is 11.7. The van der Waals surface area contributed by atoms with Crippen LogP contribution in [-0.4, -0.2) is 44.6 Å². The van der Waals surface area contributed by atoms with Crippen LogP contribution >= 0.6 is 15.9 Å². The normalized spacial score (nSPS) is 9.80. The molecular weight excluding hydrogens is 326 g/mol. The predicted octanol–water partition coefficient (Wildman–Crippen LogP) is 2.06. The van der Waals surface area contributed by atoms with Gasteiger partial charge in [0.25, 0.3) is 0 Å². The number of nitrogens with zero attached hydrogens (tertiary/aromatic N) is 1. The molecule has 0 aliphatic heterocycles. The number of methoxy groups -OCH3 is 1. The van der Waals surface area contributed by atoms with Crippen LogP contribution in [0.2, 0.25) is 0 Å². The van der Waals surface area contributed by atoms with Gasteiger partial charge in [-0.15, -0.1) is 0 Å². The van der Waals surface area contributed by atoms with Gasteiger partial charge in [-0.25, -0.2) is 4.79 Å². The minimum absolute atomic E-state index is 0.0367. The molecule has 7 heteroatoms. The molecule has 0 unspecified atom stereocenters. The Morgan fingerprint density at radius 1 is 1.35 bits per heavy atom. The fourth-order valence-corrected chi connectivity index (χ4v) is 1.81. The van der Waals surface area contributed by atoms with Crippen molar-refractivity contribution in [1.82, 2.24) is 10.2 Å². The van der Waals surface area contributed by atoms with E-state index in [1.54, 1.807) is 26.2 Å². The van der Waals surface area contributed by atoms with Gasteiger partial charge in [-0.05, 0) is 18.2 Å². The molecule has 1 aromatic carbocycles. The SMILES string of the molecule is COc1ccc(Br)cc1NC(=O)NCCC(=O)N(C)C. The molecule has 0 aromatic heterocycles. The highest BCUT2D eigenvalue weighted by Crippen LogP contribution is 2.27. The maximum Gasteiger partial charge on any atom is 0.319 e. The molecule has 0 aliphatic rings. The van der Waals surface area contributed by atoms with Crippen molar-refractivity contribution in [2.24, 2.45) is 0 Å². The summed E-state index contributed by atoms with van der Waals surface area (Å²) in [4.78, 5) is 24.6. The maximum atomic E-state index is 11.7. The van der Waals surface area contributed by atoms with E-state index >= 15 is 0 Å². The number of hydrogen-bond donors (Lipinski definition) is 2. The molecule has 0 fully saturated rings. The average molecular weight is 344 g/mol. The molecule has 3 amide bonds. The Labute approximate surface area is 126 Å². The molecule has 0 spiro atoms. The zero-order valence-corrected chi connectivity index (χ0v) is 13.3. The molecule has 1 aromatic rings. The van der Waals surface area contributed by atoms with Crippen molar-refractivity contribution in [2.45, 2.75) is 6.42 Å². The van der Waals surface area contributed by atoms with Crippen LogP contribution in [0.4, 0.5) is 10.5 Å². The highest BCUT2D eigenvalue weighted by Gasteiger charge is 2.09.